The first-order valence-electron chi connectivity index (χ1n) is 4.74. The van der Waals surface area contributed by atoms with E-state index in [4.69, 9.17) is 5.11 Å². The van der Waals surface area contributed by atoms with Crippen LogP contribution in [-0.2, 0) is 0 Å². The second-order valence-corrected chi connectivity index (χ2v) is 5.02. The lowest BCUT2D eigenvalue weighted by Crippen LogP contribution is -1.95. The number of carbonyl (C=O) groups is 1. The highest BCUT2D eigenvalue weighted by atomic mass is 79.9. The fourth-order valence-electron chi connectivity index (χ4n) is 1.40. The first kappa shape index (κ1) is 12.2. The molecule has 0 saturated heterocycles. The van der Waals surface area contributed by atoms with Crippen molar-refractivity contribution in [3.63, 3.8) is 0 Å². The number of benzene rings is 1. The zero-order valence-electron chi connectivity index (χ0n) is 8.90. The van der Waals surface area contributed by atoms with Crippen molar-refractivity contribution in [3.8, 4) is 11.3 Å². The molecule has 1 heterocycles. The highest BCUT2D eigenvalue weighted by Gasteiger charge is 2.10. The summed E-state index contributed by atoms with van der Waals surface area (Å²) < 4.78 is 0.974. The molecule has 0 radical (unpaired) electrons. The van der Waals surface area contributed by atoms with Gasteiger partial charge in [0.05, 0.1) is 5.69 Å². The van der Waals surface area contributed by atoms with E-state index < -0.39 is 5.97 Å². The van der Waals surface area contributed by atoms with Crippen LogP contribution in [0.15, 0.2) is 33.6 Å². The summed E-state index contributed by atoms with van der Waals surface area (Å²) in [7, 11) is 0. The van der Waals surface area contributed by atoms with Crippen LogP contribution in [-0.4, -0.2) is 27.5 Å². The number of H-pyrrole nitrogens is 1. The zero-order valence-corrected chi connectivity index (χ0v) is 11.3. The SMILES string of the molecule is CSc1ccc(-c2cc(C(=O)O)[nH]n2)cc1Br. The molecule has 0 aliphatic rings. The lowest BCUT2D eigenvalue weighted by atomic mass is 10.1. The minimum atomic E-state index is -1.01. The fraction of sp³-hybridized carbons (Fsp3) is 0.0909. The van der Waals surface area contributed by atoms with E-state index in [0.717, 1.165) is 14.9 Å². The topological polar surface area (TPSA) is 66.0 Å². The van der Waals surface area contributed by atoms with Crippen molar-refractivity contribution in [1.82, 2.24) is 10.2 Å². The monoisotopic (exact) mass is 312 g/mol. The number of aromatic carboxylic acids is 1. The quantitative estimate of drug-likeness (QED) is 0.854. The number of carboxylic acids is 1. The van der Waals surface area contributed by atoms with E-state index >= 15 is 0 Å². The van der Waals surface area contributed by atoms with Crippen LogP contribution in [0.5, 0.6) is 0 Å². The Bertz CT molecular complexity index is 568. The lowest BCUT2D eigenvalue weighted by molar-refractivity contribution is 0.0690. The van der Waals surface area contributed by atoms with Crippen LogP contribution >= 0.6 is 27.7 Å². The molecule has 0 fully saturated rings. The van der Waals surface area contributed by atoms with Crippen LogP contribution in [0.4, 0.5) is 0 Å². The molecular formula is C11H9BrN2O2S. The Balaban J connectivity index is 2.39. The van der Waals surface area contributed by atoms with Gasteiger partial charge in [0.25, 0.3) is 0 Å². The van der Waals surface area contributed by atoms with Gasteiger partial charge in [0.2, 0.25) is 0 Å². The largest absolute Gasteiger partial charge is 0.477 e. The highest BCUT2D eigenvalue weighted by Crippen LogP contribution is 2.30. The van der Waals surface area contributed by atoms with Crippen LogP contribution in [0.3, 0.4) is 0 Å². The van der Waals surface area contributed by atoms with Gasteiger partial charge in [-0.05, 0) is 40.4 Å². The van der Waals surface area contributed by atoms with Crippen molar-refractivity contribution >= 4 is 33.7 Å². The summed E-state index contributed by atoms with van der Waals surface area (Å²) in [6.45, 7) is 0. The van der Waals surface area contributed by atoms with Gasteiger partial charge in [-0.3, -0.25) is 5.10 Å². The van der Waals surface area contributed by atoms with Gasteiger partial charge in [0.1, 0.15) is 5.69 Å². The predicted molar refractivity (Wildman–Crippen MR) is 70.5 cm³/mol. The molecule has 0 bridgehead atoms. The molecule has 0 atom stereocenters. The summed E-state index contributed by atoms with van der Waals surface area (Å²) in [5.74, 6) is -1.01. The Hall–Kier alpha value is -1.27. The van der Waals surface area contributed by atoms with Gasteiger partial charge >= 0.3 is 5.97 Å². The van der Waals surface area contributed by atoms with Crippen LogP contribution in [0.25, 0.3) is 11.3 Å². The average Bonchev–Trinajstić information content (AvgIpc) is 2.78. The molecule has 0 amide bonds. The molecular weight excluding hydrogens is 304 g/mol. The summed E-state index contributed by atoms with van der Waals surface area (Å²) in [6.07, 6.45) is 2.00. The van der Waals surface area contributed by atoms with Gasteiger partial charge in [0.15, 0.2) is 0 Å². The second kappa shape index (κ2) is 4.93. The Morgan fingerprint density at radius 1 is 1.47 bits per heavy atom. The van der Waals surface area contributed by atoms with Crippen LogP contribution < -0.4 is 0 Å². The number of carboxylic acid groups (broad SMARTS) is 1. The maximum Gasteiger partial charge on any atom is 0.353 e. The number of halogens is 1. The van der Waals surface area contributed by atoms with Crippen molar-refractivity contribution in [2.24, 2.45) is 0 Å². The number of rotatable bonds is 3. The Kier molecular flexibility index (Phi) is 3.54. The van der Waals surface area contributed by atoms with E-state index in [9.17, 15) is 4.79 Å². The summed E-state index contributed by atoms with van der Waals surface area (Å²) in [5.41, 5.74) is 1.58. The molecule has 0 aliphatic heterocycles. The third kappa shape index (κ3) is 2.53. The van der Waals surface area contributed by atoms with Gasteiger partial charge in [-0.25, -0.2) is 4.79 Å². The maximum atomic E-state index is 10.7. The molecule has 0 unspecified atom stereocenters. The maximum absolute atomic E-state index is 10.7. The molecule has 0 aliphatic carbocycles. The molecule has 2 aromatic rings. The number of aromatic nitrogens is 2. The molecule has 2 N–H and O–H groups in total. The first-order chi connectivity index (χ1) is 8.11. The Morgan fingerprint density at radius 2 is 2.24 bits per heavy atom. The van der Waals surface area contributed by atoms with E-state index in [1.807, 2.05) is 24.5 Å². The number of hydrogen-bond acceptors (Lipinski definition) is 3. The predicted octanol–water partition coefficient (Wildman–Crippen LogP) is 3.26. The third-order valence-electron chi connectivity index (χ3n) is 2.26. The van der Waals surface area contributed by atoms with Crippen molar-refractivity contribution in [3.05, 3.63) is 34.4 Å². The zero-order chi connectivity index (χ0) is 12.4. The van der Waals surface area contributed by atoms with Crippen molar-refractivity contribution in [1.29, 1.82) is 0 Å². The number of nitrogens with zero attached hydrogens (tertiary/aromatic N) is 1. The minimum absolute atomic E-state index is 0.0880. The number of nitrogens with one attached hydrogen (secondary N) is 1. The normalized spacial score (nSPS) is 10.5. The number of thioether (sulfide) groups is 1. The number of aromatic amines is 1. The molecule has 17 heavy (non-hydrogen) atoms. The van der Waals surface area contributed by atoms with E-state index in [2.05, 4.69) is 26.1 Å². The van der Waals surface area contributed by atoms with E-state index in [0.29, 0.717) is 5.69 Å². The fourth-order valence-corrected chi connectivity index (χ4v) is 2.73. The van der Waals surface area contributed by atoms with Gasteiger partial charge in [-0.15, -0.1) is 11.8 Å². The average molecular weight is 313 g/mol. The smallest absolute Gasteiger partial charge is 0.353 e. The molecule has 88 valence electrons. The van der Waals surface area contributed by atoms with Crippen LogP contribution in [0.2, 0.25) is 0 Å². The summed E-state index contributed by atoms with van der Waals surface area (Å²) >= 11 is 5.11. The molecule has 0 spiro atoms. The van der Waals surface area contributed by atoms with E-state index in [1.165, 1.54) is 6.07 Å². The Morgan fingerprint density at radius 3 is 2.76 bits per heavy atom. The van der Waals surface area contributed by atoms with E-state index in [1.54, 1.807) is 11.8 Å². The van der Waals surface area contributed by atoms with Gasteiger partial charge in [-0.2, -0.15) is 5.10 Å². The summed E-state index contributed by atoms with van der Waals surface area (Å²) in [6, 6.07) is 7.33. The minimum Gasteiger partial charge on any atom is -0.477 e. The summed E-state index contributed by atoms with van der Waals surface area (Å²) in [4.78, 5) is 11.9. The Labute approximate surface area is 111 Å². The van der Waals surface area contributed by atoms with Gasteiger partial charge < -0.3 is 5.11 Å². The number of hydrogen-bond donors (Lipinski definition) is 2. The molecule has 1 aromatic carbocycles. The first-order valence-corrected chi connectivity index (χ1v) is 6.76. The van der Waals surface area contributed by atoms with Crippen LogP contribution in [0, 0.1) is 0 Å². The van der Waals surface area contributed by atoms with Crippen molar-refractivity contribution in [2.75, 3.05) is 6.26 Å². The van der Waals surface area contributed by atoms with E-state index in [-0.39, 0.29) is 5.69 Å². The molecule has 2 rings (SSSR count). The van der Waals surface area contributed by atoms with Gasteiger partial charge in [0, 0.05) is 14.9 Å². The third-order valence-corrected chi connectivity index (χ3v) is 3.97. The summed E-state index contributed by atoms with van der Waals surface area (Å²) in [5, 5.41) is 15.3. The lowest BCUT2D eigenvalue weighted by Gasteiger charge is -2.02. The van der Waals surface area contributed by atoms with Crippen LogP contribution in [0.1, 0.15) is 10.5 Å². The molecule has 1 aromatic heterocycles. The van der Waals surface area contributed by atoms with Crippen molar-refractivity contribution < 1.29 is 9.90 Å². The molecule has 6 heteroatoms. The highest BCUT2D eigenvalue weighted by molar-refractivity contribution is 9.10. The molecule has 0 saturated carbocycles. The standard InChI is InChI=1S/C11H9BrN2O2S/c1-17-10-3-2-6(4-7(10)12)8-5-9(11(15)16)14-13-8/h2-5H,1H3,(H,13,14)(H,15,16). The van der Waals surface area contributed by atoms with Crippen molar-refractivity contribution in [2.45, 2.75) is 4.90 Å². The van der Waals surface area contributed by atoms with Gasteiger partial charge in [-0.1, -0.05) is 6.07 Å². The molecule has 4 nitrogen and oxygen atoms in total. The second-order valence-electron chi connectivity index (χ2n) is 3.32.